The van der Waals surface area contributed by atoms with E-state index in [4.69, 9.17) is 0 Å². The van der Waals surface area contributed by atoms with E-state index >= 15 is 0 Å². The van der Waals surface area contributed by atoms with Crippen molar-refractivity contribution >= 4 is 27.7 Å². The van der Waals surface area contributed by atoms with Crippen LogP contribution in [-0.4, -0.2) is 0 Å². The van der Waals surface area contributed by atoms with Crippen molar-refractivity contribution in [1.82, 2.24) is 0 Å². The van der Waals surface area contributed by atoms with Gasteiger partial charge in [-0.2, -0.15) is 0 Å². The summed E-state index contributed by atoms with van der Waals surface area (Å²) in [7, 11) is 0. The van der Waals surface area contributed by atoms with Crippen molar-refractivity contribution in [3.63, 3.8) is 0 Å². The number of fused-ring (bicyclic) bond motifs is 2. The van der Waals surface area contributed by atoms with Gasteiger partial charge in [0.05, 0.1) is 5.41 Å². The van der Waals surface area contributed by atoms with Crippen LogP contribution in [0.15, 0.2) is 117 Å². The lowest BCUT2D eigenvalue weighted by Gasteiger charge is -2.41. The van der Waals surface area contributed by atoms with E-state index in [2.05, 4.69) is 119 Å². The quantitative estimate of drug-likeness (QED) is 0.284. The largest absolute Gasteiger partial charge is 0.0894 e. The van der Waals surface area contributed by atoms with Crippen molar-refractivity contribution in [3.05, 3.63) is 130 Å². The molecule has 0 fully saturated rings. The molecular formula is C25H17BrS. The van der Waals surface area contributed by atoms with Gasteiger partial charge in [-0.25, -0.2) is 0 Å². The summed E-state index contributed by atoms with van der Waals surface area (Å²) in [5.41, 5.74) is 4.97. The van der Waals surface area contributed by atoms with Crippen LogP contribution in [-0.2, 0) is 5.41 Å². The third-order valence-corrected chi connectivity index (χ3v) is 6.90. The van der Waals surface area contributed by atoms with Crippen LogP contribution < -0.4 is 0 Å². The molecule has 2 heteroatoms. The predicted molar refractivity (Wildman–Crippen MR) is 117 cm³/mol. The van der Waals surface area contributed by atoms with E-state index < -0.39 is 0 Å². The molecule has 0 unspecified atom stereocenters. The molecule has 0 aromatic heterocycles. The second-order valence-corrected chi connectivity index (χ2v) is 8.72. The number of hydrogen-bond acceptors (Lipinski definition) is 1. The fraction of sp³-hybridized carbons (Fsp3) is 0.0400. The maximum Gasteiger partial charge on any atom is 0.0723 e. The van der Waals surface area contributed by atoms with Crippen molar-refractivity contribution in [1.29, 1.82) is 0 Å². The first-order valence-corrected chi connectivity index (χ1v) is 10.6. The van der Waals surface area contributed by atoms with E-state index in [-0.39, 0.29) is 5.41 Å². The van der Waals surface area contributed by atoms with Gasteiger partial charge in [0.25, 0.3) is 0 Å². The van der Waals surface area contributed by atoms with Crippen molar-refractivity contribution in [2.24, 2.45) is 0 Å². The predicted octanol–water partition coefficient (Wildman–Crippen LogP) is 7.30. The summed E-state index contributed by atoms with van der Waals surface area (Å²) in [5, 5.41) is 0. The number of halogens is 1. The van der Waals surface area contributed by atoms with Gasteiger partial charge in [-0.1, -0.05) is 113 Å². The Morgan fingerprint density at radius 3 is 1.78 bits per heavy atom. The zero-order valence-corrected chi connectivity index (χ0v) is 17.0. The lowest BCUT2D eigenvalue weighted by atomic mass is 9.65. The lowest BCUT2D eigenvalue weighted by Crippen LogP contribution is -2.34. The van der Waals surface area contributed by atoms with Crippen molar-refractivity contribution in [3.8, 4) is 0 Å². The topological polar surface area (TPSA) is 0 Å². The molecule has 0 spiro atoms. The van der Waals surface area contributed by atoms with Gasteiger partial charge >= 0.3 is 0 Å². The Labute approximate surface area is 172 Å². The van der Waals surface area contributed by atoms with E-state index in [1.54, 1.807) is 0 Å². The van der Waals surface area contributed by atoms with Gasteiger partial charge in [0.1, 0.15) is 0 Å². The fourth-order valence-corrected chi connectivity index (χ4v) is 5.93. The number of benzene rings is 4. The minimum absolute atomic E-state index is 0.319. The molecule has 0 atom stereocenters. The zero-order chi connectivity index (χ0) is 18.3. The van der Waals surface area contributed by atoms with E-state index in [1.165, 1.54) is 32.0 Å². The molecule has 5 rings (SSSR count). The third-order valence-electron chi connectivity index (χ3n) is 5.27. The summed E-state index contributed by atoms with van der Waals surface area (Å²) in [6, 6.07) is 37.3. The SMILES string of the molecule is Brc1ccc2c(c1)Sc1ccccc1C2(c1ccccc1)c1ccccc1. The molecule has 0 amide bonds. The summed E-state index contributed by atoms with van der Waals surface area (Å²) in [6.45, 7) is 0. The van der Waals surface area contributed by atoms with Gasteiger partial charge in [-0.15, -0.1) is 0 Å². The van der Waals surface area contributed by atoms with Crippen LogP contribution in [0.5, 0.6) is 0 Å². The Morgan fingerprint density at radius 1 is 0.556 bits per heavy atom. The minimum Gasteiger partial charge on any atom is -0.0894 e. The first kappa shape index (κ1) is 16.9. The van der Waals surface area contributed by atoms with Gasteiger partial charge in [0, 0.05) is 14.3 Å². The molecule has 0 saturated carbocycles. The van der Waals surface area contributed by atoms with E-state index in [1.807, 2.05) is 11.8 Å². The molecule has 1 heterocycles. The molecule has 0 N–H and O–H groups in total. The Kier molecular flexibility index (Phi) is 4.18. The van der Waals surface area contributed by atoms with Crippen molar-refractivity contribution in [2.45, 2.75) is 15.2 Å². The Bertz CT molecular complexity index is 1060. The molecule has 4 aromatic carbocycles. The Balaban J connectivity index is 1.97. The molecule has 0 aliphatic carbocycles. The van der Waals surface area contributed by atoms with Crippen LogP contribution in [0, 0.1) is 0 Å². The molecule has 0 radical (unpaired) electrons. The second kappa shape index (κ2) is 6.70. The van der Waals surface area contributed by atoms with Crippen LogP contribution in [0.1, 0.15) is 22.3 Å². The highest BCUT2D eigenvalue weighted by Gasteiger charge is 2.43. The van der Waals surface area contributed by atoms with Crippen LogP contribution in [0.4, 0.5) is 0 Å². The smallest absolute Gasteiger partial charge is 0.0723 e. The zero-order valence-electron chi connectivity index (χ0n) is 14.6. The second-order valence-electron chi connectivity index (χ2n) is 6.72. The molecule has 130 valence electrons. The van der Waals surface area contributed by atoms with Crippen molar-refractivity contribution in [2.75, 3.05) is 0 Å². The molecule has 0 nitrogen and oxygen atoms in total. The molecule has 0 bridgehead atoms. The molecule has 0 saturated heterocycles. The van der Waals surface area contributed by atoms with Gasteiger partial charge in [-0.05, 0) is 40.5 Å². The van der Waals surface area contributed by atoms with Gasteiger partial charge < -0.3 is 0 Å². The molecule has 1 aliphatic rings. The Morgan fingerprint density at radius 2 is 1.11 bits per heavy atom. The minimum atomic E-state index is -0.319. The molecule has 4 aromatic rings. The van der Waals surface area contributed by atoms with Crippen LogP contribution in [0.2, 0.25) is 0 Å². The van der Waals surface area contributed by atoms with Crippen LogP contribution in [0.3, 0.4) is 0 Å². The monoisotopic (exact) mass is 428 g/mol. The number of rotatable bonds is 2. The highest BCUT2D eigenvalue weighted by molar-refractivity contribution is 9.10. The van der Waals surface area contributed by atoms with Gasteiger partial charge in [0.15, 0.2) is 0 Å². The summed E-state index contributed by atoms with van der Waals surface area (Å²) in [6.07, 6.45) is 0. The van der Waals surface area contributed by atoms with Gasteiger partial charge in [-0.3, -0.25) is 0 Å². The Hall–Kier alpha value is -2.29. The highest BCUT2D eigenvalue weighted by Crippen LogP contribution is 2.55. The standard InChI is InChI=1S/C25H17BrS/c26-20-15-16-22-24(17-20)27-23-14-8-7-13-21(23)25(22,18-9-3-1-4-10-18)19-11-5-2-6-12-19/h1-17H. The van der Waals surface area contributed by atoms with E-state index in [9.17, 15) is 0 Å². The maximum atomic E-state index is 3.67. The third kappa shape index (κ3) is 2.59. The molecule has 1 aliphatic heterocycles. The van der Waals surface area contributed by atoms with Gasteiger partial charge in [0.2, 0.25) is 0 Å². The normalized spacial score (nSPS) is 14.3. The first-order valence-electron chi connectivity index (χ1n) is 8.98. The first-order chi connectivity index (χ1) is 13.3. The summed E-state index contributed by atoms with van der Waals surface area (Å²) >= 11 is 5.53. The lowest BCUT2D eigenvalue weighted by molar-refractivity contribution is 0.702. The van der Waals surface area contributed by atoms with Crippen LogP contribution in [0.25, 0.3) is 0 Å². The fourth-order valence-electron chi connectivity index (χ4n) is 4.18. The van der Waals surface area contributed by atoms with Crippen LogP contribution >= 0.6 is 27.7 Å². The van der Waals surface area contributed by atoms with E-state index in [0.717, 1.165) is 4.47 Å². The average molecular weight is 429 g/mol. The van der Waals surface area contributed by atoms with E-state index in [0.29, 0.717) is 0 Å². The number of hydrogen-bond donors (Lipinski definition) is 0. The molecule has 27 heavy (non-hydrogen) atoms. The summed E-state index contributed by atoms with van der Waals surface area (Å²) in [4.78, 5) is 2.62. The molecular weight excluding hydrogens is 412 g/mol. The highest BCUT2D eigenvalue weighted by atomic mass is 79.9. The average Bonchev–Trinajstić information content (AvgIpc) is 2.73. The maximum absolute atomic E-state index is 3.67. The summed E-state index contributed by atoms with van der Waals surface area (Å²) in [5.74, 6) is 0. The van der Waals surface area contributed by atoms with Crippen molar-refractivity contribution < 1.29 is 0 Å². The summed E-state index contributed by atoms with van der Waals surface area (Å²) < 4.78 is 1.11.